The summed E-state index contributed by atoms with van der Waals surface area (Å²) in [6.07, 6.45) is -2.59. The number of rotatable bonds is 3. The van der Waals surface area contributed by atoms with Crippen molar-refractivity contribution in [3.05, 3.63) is 17.5 Å². The Bertz CT molecular complexity index is 485. The first-order chi connectivity index (χ1) is 9.45. The fourth-order valence-corrected chi connectivity index (χ4v) is 2.33. The quantitative estimate of drug-likeness (QED) is 0.866. The number of nitrogens with one attached hydrogen (secondary N) is 1. The van der Waals surface area contributed by atoms with E-state index in [1.54, 1.807) is 6.92 Å². The summed E-state index contributed by atoms with van der Waals surface area (Å²) in [6.45, 7) is 2.84. The number of piperidine rings is 1. The zero-order valence-corrected chi connectivity index (χ0v) is 12.3. The van der Waals surface area contributed by atoms with Gasteiger partial charge in [-0.3, -0.25) is 4.68 Å². The van der Waals surface area contributed by atoms with E-state index in [2.05, 4.69) is 15.2 Å². The number of aromatic nitrogens is 2. The van der Waals surface area contributed by atoms with Gasteiger partial charge in [-0.1, -0.05) is 0 Å². The largest absolute Gasteiger partial charge is 0.462 e. The van der Waals surface area contributed by atoms with Crippen LogP contribution in [0.15, 0.2) is 6.20 Å². The van der Waals surface area contributed by atoms with Gasteiger partial charge in [0.15, 0.2) is 5.69 Å². The molecule has 1 aromatic rings. The molecule has 0 saturated carbocycles. The number of hydrogen-bond donors (Lipinski definition) is 1. The smallest absolute Gasteiger partial charge is 0.433 e. The van der Waals surface area contributed by atoms with Gasteiger partial charge in [0.05, 0.1) is 18.8 Å². The summed E-state index contributed by atoms with van der Waals surface area (Å²) in [7, 11) is 0. The molecule has 1 fully saturated rings. The Morgan fingerprint density at radius 1 is 1.48 bits per heavy atom. The number of carbonyl (C=O) groups excluding carboxylic acids is 1. The predicted octanol–water partition coefficient (Wildman–Crippen LogP) is 2.42. The number of ether oxygens (including phenoxy) is 1. The predicted molar refractivity (Wildman–Crippen MR) is 71.6 cm³/mol. The van der Waals surface area contributed by atoms with Gasteiger partial charge in [0, 0.05) is 0 Å². The van der Waals surface area contributed by atoms with Crippen LogP contribution >= 0.6 is 12.4 Å². The molecule has 0 radical (unpaired) electrons. The Morgan fingerprint density at radius 3 is 2.62 bits per heavy atom. The highest BCUT2D eigenvalue weighted by Crippen LogP contribution is 2.35. The minimum atomic E-state index is -4.64. The van der Waals surface area contributed by atoms with Gasteiger partial charge >= 0.3 is 12.1 Å². The van der Waals surface area contributed by atoms with Crippen molar-refractivity contribution in [1.29, 1.82) is 0 Å². The summed E-state index contributed by atoms with van der Waals surface area (Å²) in [5, 5.41) is 6.86. The highest BCUT2D eigenvalue weighted by molar-refractivity contribution is 5.90. The zero-order chi connectivity index (χ0) is 14.8. The van der Waals surface area contributed by atoms with Crippen LogP contribution in [-0.4, -0.2) is 35.4 Å². The first-order valence-electron chi connectivity index (χ1n) is 6.47. The molecule has 0 spiro atoms. The number of esters is 1. The lowest BCUT2D eigenvalue weighted by Crippen LogP contribution is -2.32. The molecule has 1 aliphatic rings. The Hall–Kier alpha value is -1.28. The molecule has 2 heterocycles. The van der Waals surface area contributed by atoms with Gasteiger partial charge < -0.3 is 10.1 Å². The number of carbonyl (C=O) groups is 1. The van der Waals surface area contributed by atoms with Crippen LogP contribution in [0.2, 0.25) is 0 Å². The van der Waals surface area contributed by atoms with Gasteiger partial charge in [-0.05, 0) is 32.9 Å². The van der Waals surface area contributed by atoms with Gasteiger partial charge in [0.2, 0.25) is 0 Å². The summed E-state index contributed by atoms with van der Waals surface area (Å²) >= 11 is 0. The molecule has 0 atom stereocenters. The van der Waals surface area contributed by atoms with E-state index < -0.39 is 23.4 Å². The lowest BCUT2D eigenvalue weighted by Gasteiger charge is -2.25. The highest BCUT2D eigenvalue weighted by Gasteiger charge is 2.42. The Morgan fingerprint density at radius 2 is 2.10 bits per heavy atom. The van der Waals surface area contributed by atoms with E-state index in [1.165, 1.54) is 0 Å². The zero-order valence-electron chi connectivity index (χ0n) is 11.4. The molecule has 2 rings (SSSR count). The molecule has 0 aliphatic carbocycles. The molecule has 5 nitrogen and oxygen atoms in total. The molecule has 0 aromatic carbocycles. The normalized spacial score (nSPS) is 16.4. The van der Waals surface area contributed by atoms with Crippen LogP contribution in [0, 0.1) is 0 Å². The minimum Gasteiger partial charge on any atom is -0.462 e. The third kappa shape index (κ3) is 3.88. The summed E-state index contributed by atoms with van der Waals surface area (Å²) in [5.41, 5.74) is -1.53. The average Bonchev–Trinajstić information content (AvgIpc) is 2.84. The summed E-state index contributed by atoms with van der Waals surface area (Å²) in [6, 6.07) is -0.351. The number of alkyl halides is 3. The van der Waals surface area contributed by atoms with Crippen LogP contribution in [0.4, 0.5) is 13.2 Å². The Labute approximate surface area is 126 Å². The molecule has 1 saturated heterocycles. The number of hydrogen-bond acceptors (Lipinski definition) is 4. The fourth-order valence-electron chi connectivity index (χ4n) is 2.33. The molecular weight excluding hydrogens is 311 g/mol. The van der Waals surface area contributed by atoms with Crippen molar-refractivity contribution < 1.29 is 22.7 Å². The van der Waals surface area contributed by atoms with Gasteiger partial charge in [-0.25, -0.2) is 4.79 Å². The maximum absolute atomic E-state index is 13.2. The Balaban J connectivity index is 0.00000220. The molecule has 9 heteroatoms. The second kappa shape index (κ2) is 7.13. The first-order valence-corrected chi connectivity index (χ1v) is 6.47. The monoisotopic (exact) mass is 327 g/mol. The van der Waals surface area contributed by atoms with Gasteiger partial charge in [-0.15, -0.1) is 12.4 Å². The van der Waals surface area contributed by atoms with Gasteiger partial charge in [-0.2, -0.15) is 18.3 Å². The lowest BCUT2D eigenvalue weighted by molar-refractivity contribution is -0.145. The van der Waals surface area contributed by atoms with Crippen molar-refractivity contribution in [2.45, 2.75) is 32.0 Å². The van der Waals surface area contributed by atoms with Gasteiger partial charge in [0.25, 0.3) is 0 Å². The summed E-state index contributed by atoms with van der Waals surface area (Å²) in [4.78, 5) is 11.6. The first kappa shape index (κ1) is 17.8. The fraction of sp³-hybridized carbons (Fsp3) is 0.667. The third-order valence-electron chi connectivity index (χ3n) is 3.21. The topological polar surface area (TPSA) is 56.1 Å². The van der Waals surface area contributed by atoms with Crippen molar-refractivity contribution in [2.75, 3.05) is 19.7 Å². The molecule has 120 valence electrons. The molecule has 1 aliphatic heterocycles. The maximum atomic E-state index is 13.2. The van der Waals surface area contributed by atoms with E-state index in [1.807, 2.05) is 0 Å². The SMILES string of the molecule is CCOC(=O)c1cnn(C2CCNCC2)c1C(F)(F)F.Cl. The van der Waals surface area contributed by atoms with Crippen molar-refractivity contribution >= 4 is 18.4 Å². The lowest BCUT2D eigenvalue weighted by atomic mass is 10.1. The number of halogens is 4. The van der Waals surface area contributed by atoms with Crippen LogP contribution in [0.5, 0.6) is 0 Å². The molecule has 0 unspecified atom stereocenters. The average molecular weight is 328 g/mol. The van der Waals surface area contributed by atoms with Crippen molar-refractivity contribution in [2.24, 2.45) is 0 Å². The molecule has 0 amide bonds. The maximum Gasteiger partial charge on any atom is 0.433 e. The summed E-state index contributed by atoms with van der Waals surface area (Å²) < 4.78 is 45.2. The summed E-state index contributed by atoms with van der Waals surface area (Å²) in [5.74, 6) is -0.986. The van der Waals surface area contributed by atoms with E-state index in [9.17, 15) is 18.0 Å². The second-order valence-corrected chi connectivity index (χ2v) is 4.55. The van der Waals surface area contributed by atoms with Gasteiger partial charge in [0.1, 0.15) is 5.56 Å². The van der Waals surface area contributed by atoms with E-state index in [0.717, 1.165) is 10.9 Å². The number of nitrogens with zero attached hydrogens (tertiary/aromatic N) is 2. The van der Waals surface area contributed by atoms with Crippen LogP contribution in [0.3, 0.4) is 0 Å². The Kier molecular flexibility index (Phi) is 6.03. The highest BCUT2D eigenvalue weighted by atomic mass is 35.5. The third-order valence-corrected chi connectivity index (χ3v) is 3.21. The van der Waals surface area contributed by atoms with Crippen LogP contribution in [0.1, 0.15) is 41.9 Å². The molecule has 1 N–H and O–H groups in total. The minimum absolute atomic E-state index is 0. The van der Waals surface area contributed by atoms with E-state index in [4.69, 9.17) is 0 Å². The van der Waals surface area contributed by atoms with Crippen molar-refractivity contribution in [1.82, 2.24) is 15.1 Å². The second-order valence-electron chi connectivity index (χ2n) is 4.55. The standard InChI is InChI=1S/C12H16F3N3O2.ClH/c1-2-20-11(19)9-7-17-18(10(9)12(13,14)15)8-3-5-16-6-4-8;/h7-8,16H,2-6H2,1H3;1H. The van der Waals surface area contributed by atoms with E-state index in [0.29, 0.717) is 25.9 Å². The van der Waals surface area contributed by atoms with Crippen molar-refractivity contribution in [3.8, 4) is 0 Å². The molecule has 21 heavy (non-hydrogen) atoms. The van der Waals surface area contributed by atoms with Crippen molar-refractivity contribution in [3.63, 3.8) is 0 Å². The van der Waals surface area contributed by atoms with Crippen LogP contribution in [-0.2, 0) is 10.9 Å². The van der Waals surface area contributed by atoms with Crippen LogP contribution in [0.25, 0.3) is 0 Å². The van der Waals surface area contributed by atoms with E-state index >= 15 is 0 Å². The molecular formula is C12H17ClF3N3O2. The molecule has 1 aromatic heterocycles. The molecule has 0 bridgehead atoms. The van der Waals surface area contributed by atoms with Crippen LogP contribution < -0.4 is 5.32 Å². The van der Waals surface area contributed by atoms with E-state index in [-0.39, 0.29) is 25.1 Å².